The molecule has 104 valence electrons. The van der Waals surface area contributed by atoms with Crippen molar-refractivity contribution >= 4 is 17.1 Å². The van der Waals surface area contributed by atoms with Gasteiger partial charge < -0.3 is 15.0 Å². The largest absolute Gasteiger partial charge is 0.395 e. The van der Waals surface area contributed by atoms with E-state index in [9.17, 15) is 9.59 Å². The first-order valence-corrected chi connectivity index (χ1v) is 6.03. The van der Waals surface area contributed by atoms with Crippen molar-refractivity contribution in [3.05, 3.63) is 20.8 Å². The maximum atomic E-state index is 11.9. The molecule has 8 heteroatoms. The molecule has 0 aliphatic heterocycles. The Kier molecular flexibility index (Phi) is 3.43. The quantitative estimate of drug-likeness (QED) is 0.686. The predicted molar refractivity (Wildman–Crippen MR) is 71.6 cm³/mol. The number of H-pyrrole nitrogens is 1. The van der Waals surface area contributed by atoms with Crippen LogP contribution in [-0.2, 0) is 7.05 Å². The molecule has 0 aromatic carbocycles. The van der Waals surface area contributed by atoms with Gasteiger partial charge in [-0.25, -0.2) is 4.79 Å². The van der Waals surface area contributed by atoms with Gasteiger partial charge in [-0.15, -0.1) is 0 Å². The average Bonchev–Trinajstić information content (AvgIpc) is 2.63. The van der Waals surface area contributed by atoms with Gasteiger partial charge in [0.1, 0.15) is 0 Å². The Morgan fingerprint density at radius 1 is 1.42 bits per heavy atom. The molecule has 19 heavy (non-hydrogen) atoms. The first kappa shape index (κ1) is 13.3. The Hall–Kier alpha value is -2.09. The Bertz CT molecular complexity index is 709. The molecule has 0 bridgehead atoms. The summed E-state index contributed by atoms with van der Waals surface area (Å²) in [5.74, 6) is 0.439. The van der Waals surface area contributed by atoms with E-state index in [-0.39, 0.29) is 12.6 Å². The lowest BCUT2D eigenvalue weighted by molar-refractivity contribution is 0.310. The summed E-state index contributed by atoms with van der Waals surface area (Å²) in [6.45, 7) is 3.96. The van der Waals surface area contributed by atoms with Crippen molar-refractivity contribution in [1.29, 1.82) is 0 Å². The van der Waals surface area contributed by atoms with Crippen LogP contribution in [0.3, 0.4) is 0 Å². The van der Waals surface area contributed by atoms with Gasteiger partial charge >= 0.3 is 5.69 Å². The number of hydrogen-bond donors (Lipinski definition) is 3. The summed E-state index contributed by atoms with van der Waals surface area (Å²) in [5.41, 5.74) is -0.274. The smallest absolute Gasteiger partial charge is 0.330 e. The number of nitrogens with one attached hydrogen (secondary N) is 2. The highest BCUT2D eigenvalue weighted by atomic mass is 16.3. The second-order valence-electron chi connectivity index (χ2n) is 4.54. The molecule has 0 saturated carbocycles. The van der Waals surface area contributed by atoms with E-state index in [0.717, 1.165) is 0 Å². The van der Waals surface area contributed by atoms with E-state index in [0.29, 0.717) is 23.7 Å². The monoisotopic (exact) mass is 267 g/mol. The Morgan fingerprint density at radius 3 is 2.68 bits per heavy atom. The van der Waals surface area contributed by atoms with E-state index in [2.05, 4.69) is 15.3 Å². The summed E-state index contributed by atoms with van der Waals surface area (Å²) in [6.07, 6.45) is 0. The molecular formula is C11H17N5O3. The molecule has 0 aliphatic carbocycles. The van der Waals surface area contributed by atoms with Crippen LogP contribution < -0.4 is 16.6 Å². The van der Waals surface area contributed by atoms with Crippen LogP contribution in [0, 0.1) is 0 Å². The summed E-state index contributed by atoms with van der Waals surface area (Å²) >= 11 is 0. The molecule has 2 heterocycles. The SMILES string of the molecule is CC(C)n1c(=O)[nH]c(=O)c2c1nc(NCCO)n2C. The van der Waals surface area contributed by atoms with Crippen LogP contribution >= 0.6 is 0 Å². The number of fused-ring (bicyclic) bond motifs is 1. The summed E-state index contributed by atoms with van der Waals surface area (Å²) < 4.78 is 3.00. The van der Waals surface area contributed by atoms with Gasteiger partial charge in [-0.2, -0.15) is 4.98 Å². The minimum absolute atomic E-state index is 0.0451. The third-order valence-electron chi connectivity index (χ3n) is 2.87. The fraction of sp³-hybridized carbons (Fsp3) is 0.545. The Balaban J connectivity index is 2.77. The van der Waals surface area contributed by atoms with Gasteiger partial charge in [-0.05, 0) is 13.8 Å². The van der Waals surface area contributed by atoms with Crippen LogP contribution in [0.15, 0.2) is 9.59 Å². The average molecular weight is 267 g/mol. The van der Waals surface area contributed by atoms with Gasteiger partial charge in [-0.1, -0.05) is 0 Å². The zero-order valence-corrected chi connectivity index (χ0v) is 11.1. The number of hydrogen-bond acceptors (Lipinski definition) is 5. The molecule has 2 aromatic rings. The third kappa shape index (κ3) is 2.14. The third-order valence-corrected chi connectivity index (χ3v) is 2.87. The number of nitrogens with zero attached hydrogens (tertiary/aromatic N) is 3. The lowest BCUT2D eigenvalue weighted by Crippen LogP contribution is -2.31. The van der Waals surface area contributed by atoms with Crippen molar-refractivity contribution in [3.8, 4) is 0 Å². The van der Waals surface area contributed by atoms with Gasteiger partial charge in [-0.3, -0.25) is 14.3 Å². The number of aliphatic hydroxyl groups is 1. The lowest BCUT2D eigenvalue weighted by atomic mass is 10.4. The number of rotatable bonds is 4. The normalized spacial score (nSPS) is 11.4. The van der Waals surface area contributed by atoms with Crippen LogP contribution in [0.25, 0.3) is 11.2 Å². The molecule has 0 saturated heterocycles. The molecule has 8 nitrogen and oxygen atoms in total. The highest BCUT2D eigenvalue weighted by Crippen LogP contribution is 2.15. The first-order chi connectivity index (χ1) is 8.97. The second-order valence-corrected chi connectivity index (χ2v) is 4.54. The summed E-state index contributed by atoms with van der Waals surface area (Å²) in [5, 5.41) is 11.7. The summed E-state index contributed by atoms with van der Waals surface area (Å²) in [6, 6.07) is -0.118. The molecule has 0 amide bonds. The van der Waals surface area contributed by atoms with Crippen molar-refractivity contribution in [2.75, 3.05) is 18.5 Å². The molecule has 0 radical (unpaired) electrons. The topological polar surface area (TPSA) is 105 Å². The van der Waals surface area contributed by atoms with E-state index in [4.69, 9.17) is 5.11 Å². The van der Waals surface area contributed by atoms with Crippen LogP contribution in [-0.4, -0.2) is 37.4 Å². The van der Waals surface area contributed by atoms with E-state index >= 15 is 0 Å². The minimum atomic E-state index is -0.473. The van der Waals surface area contributed by atoms with Crippen molar-refractivity contribution in [2.45, 2.75) is 19.9 Å². The number of aromatic amines is 1. The highest BCUT2D eigenvalue weighted by Gasteiger charge is 2.17. The highest BCUT2D eigenvalue weighted by molar-refractivity contribution is 5.74. The van der Waals surface area contributed by atoms with Gasteiger partial charge in [0.25, 0.3) is 5.56 Å². The zero-order valence-electron chi connectivity index (χ0n) is 11.1. The first-order valence-electron chi connectivity index (χ1n) is 6.03. The van der Waals surface area contributed by atoms with E-state index in [1.54, 1.807) is 11.6 Å². The number of aryl methyl sites for hydroxylation is 1. The standard InChI is InChI=1S/C11H17N5O3/c1-6(2)16-8-7(9(18)14-11(16)19)15(3)10(13-8)12-4-5-17/h6,17H,4-5H2,1-3H3,(H,12,13)(H,14,18,19). The zero-order chi connectivity index (χ0) is 14.2. The Labute approximate surface area is 108 Å². The van der Waals surface area contributed by atoms with Crippen molar-refractivity contribution in [3.63, 3.8) is 0 Å². The van der Waals surface area contributed by atoms with Gasteiger partial charge in [0.2, 0.25) is 5.95 Å². The maximum absolute atomic E-state index is 11.9. The van der Waals surface area contributed by atoms with E-state index in [1.807, 2.05) is 13.8 Å². The molecular weight excluding hydrogens is 250 g/mol. The van der Waals surface area contributed by atoms with E-state index < -0.39 is 11.2 Å². The number of anilines is 1. The fourth-order valence-corrected chi connectivity index (χ4v) is 2.02. The van der Waals surface area contributed by atoms with Gasteiger partial charge in [0.05, 0.1) is 6.61 Å². The molecule has 0 atom stereocenters. The van der Waals surface area contributed by atoms with E-state index in [1.165, 1.54) is 4.57 Å². The van der Waals surface area contributed by atoms with Gasteiger partial charge in [0.15, 0.2) is 11.2 Å². The summed E-state index contributed by atoms with van der Waals surface area (Å²) in [7, 11) is 1.68. The van der Waals surface area contributed by atoms with Crippen LogP contribution in [0.4, 0.5) is 5.95 Å². The molecule has 2 aromatic heterocycles. The van der Waals surface area contributed by atoms with Crippen LogP contribution in [0.2, 0.25) is 0 Å². The fourth-order valence-electron chi connectivity index (χ4n) is 2.02. The maximum Gasteiger partial charge on any atom is 0.330 e. The number of aromatic nitrogens is 4. The molecule has 2 rings (SSSR count). The molecule has 0 fully saturated rings. The number of aliphatic hydroxyl groups excluding tert-OH is 1. The van der Waals surface area contributed by atoms with Gasteiger partial charge in [0, 0.05) is 19.6 Å². The Morgan fingerprint density at radius 2 is 2.11 bits per heavy atom. The predicted octanol–water partition coefficient (Wildman–Crippen LogP) is -0.592. The molecule has 3 N–H and O–H groups in total. The van der Waals surface area contributed by atoms with Crippen molar-refractivity contribution in [1.82, 2.24) is 19.1 Å². The minimum Gasteiger partial charge on any atom is -0.395 e. The lowest BCUT2D eigenvalue weighted by Gasteiger charge is -2.08. The van der Waals surface area contributed by atoms with Crippen molar-refractivity contribution < 1.29 is 5.11 Å². The molecule has 0 aliphatic rings. The molecule has 0 unspecified atom stereocenters. The second kappa shape index (κ2) is 4.88. The van der Waals surface area contributed by atoms with Crippen LogP contribution in [0.1, 0.15) is 19.9 Å². The van der Waals surface area contributed by atoms with Crippen molar-refractivity contribution in [2.24, 2.45) is 7.05 Å². The summed E-state index contributed by atoms with van der Waals surface area (Å²) in [4.78, 5) is 30.3. The van der Waals surface area contributed by atoms with Crippen LogP contribution in [0.5, 0.6) is 0 Å². The number of imidazole rings is 1. The molecule has 0 spiro atoms.